The van der Waals surface area contributed by atoms with Crippen LogP contribution in [0.15, 0.2) is 24.3 Å². The van der Waals surface area contributed by atoms with Crippen LogP contribution < -0.4 is 5.32 Å². The number of alkyl halides is 1. The molecule has 1 aromatic heterocycles. The van der Waals surface area contributed by atoms with Gasteiger partial charge in [-0.2, -0.15) is 0 Å². The van der Waals surface area contributed by atoms with Gasteiger partial charge in [-0.3, -0.25) is 0 Å². The summed E-state index contributed by atoms with van der Waals surface area (Å²) in [5.74, 6) is 1.30. The lowest BCUT2D eigenvalue weighted by molar-refractivity contribution is 0.389. The standard InChI is InChI=1S/C14H19ClN2S/c1-10(2)11(7-8-15)16-9-14-17-12-5-3-4-6-13(12)18-14/h3-6,10-11,16H,7-9H2,1-2H3. The average molecular weight is 283 g/mol. The third-order valence-electron chi connectivity index (χ3n) is 3.08. The molecule has 0 aliphatic rings. The van der Waals surface area contributed by atoms with E-state index in [1.807, 2.05) is 6.07 Å². The van der Waals surface area contributed by atoms with Gasteiger partial charge in [0.1, 0.15) is 5.01 Å². The molecule has 1 heterocycles. The van der Waals surface area contributed by atoms with E-state index in [0.717, 1.165) is 23.5 Å². The Morgan fingerprint density at radius 3 is 2.78 bits per heavy atom. The number of nitrogens with one attached hydrogen (secondary N) is 1. The van der Waals surface area contributed by atoms with Gasteiger partial charge in [0.2, 0.25) is 0 Å². The van der Waals surface area contributed by atoms with Crippen LogP contribution in [0.1, 0.15) is 25.3 Å². The molecule has 18 heavy (non-hydrogen) atoms. The SMILES string of the molecule is CC(C)C(CCCl)NCc1nc2ccccc2s1. The minimum Gasteiger partial charge on any atom is -0.307 e. The van der Waals surface area contributed by atoms with Crippen molar-refractivity contribution in [2.75, 3.05) is 5.88 Å². The lowest BCUT2D eigenvalue weighted by Gasteiger charge is -2.20. The Hall–Kier alpha value is -0.640. The molecular formula is C14H19ClN2S. The second-order valence-electron chi connectivity index (χ2n) is 4.78. The van der Waals surface area contributed by atoms with Crippen LogP contribution in [0, 0.1) is 5.92 Å². The summed E-state index contributed by atoms with van der Waals surface area (Å²) in [5, 5.41) is 4.71. The van der Waals surface area contributed by atoms with E-state index in [1.54, 1.807) is 11.3 Å². The molecule has 2 rings (SSSR count). The Kier molecular flexibility index (Phi) is 4.98. The summed E-state index contributed by atoms with van der Waals surface area (Å²) in [7, 11) is 0. The van der Waals surface area contributed by atoms with Gasteiger partial charge in [0, 0.05) is 18.5 Å². The predicted molar refractivity (Wildman–Crippen MR) is 80.4 cm³/mol. The summed E-state index contributed by atoms with van der Waals surface area (Å²) in [4.78, 5) is 4.63. The van der Waals surface area contributed by atoms with Crippen molar-refractivity contribution in [3.63, 3.8) is 0 Å². The Balaban J connectivity index is 2.00. The van der Waals surface area contributed by atoms with Gasteiger partial charge in [-0.15, -0.1) is 22.9 Å². The van der Waals surface area contributed by atoms with Crippen molar-refractivity contribution in [2.24, 2.45) is 5.92 Å². The number of hydrogen-bond donors (Lipinski definition) is 1. The zero-order valence-corrected chi connectivity index (χ0v) is 12.4. The summed E-state index contributed by atoms with van der Waals surface area (Å²) >= 11 is 7.60. The van der Waals surface area contributed by atoms with E-state index in [4.69, 9.17) is 11.6 Å². The number of hydrogen-bond acceptors (Lipinski definition) is 3. The summed E-state index contributed by atoms with van der Waals surface area (Å²) in [6, 6.07) is 8.74. The highest BCUT2D eigenvalue weighted by molar-refractivity contribution is 7.18. The number of benzene rings is 1. The molecule has 0 spiro atoms. The van der Waals surface area contributed by atoms with Crippen LogP contribution in [0.3, 0.4) is 0 Å². The molecule has 0 aliphatic carbocycles. The van der Waals surface area contributed by atoms with E-state index in [1.165, 1.54) is 4.70 Å². The fraction of sp³-hybridized carbons (Fsp3) is 0.500. The molecular weight excluding hydrogens is 264 g/mol. The van der Waals surface area contributed by atoms with Crippen LogP contribution >= 0.6 is 22.9 Å². The van der Waals surface area contributed by atoms with Crippen LogP contribution in [-0.2, 0) is 6.54 Å². The minimum absolute atomic E-state index is 0.467. The van der Waals surface area contributed by atoms with E-state index < -0.39 is 0 Å². The molecule has 1 unspecified atom stereocenters. The van der Waals surface area contributed by atoms with Gasteiger partial charge in [-0.1, -0.05) is 26.0 Å². The molecule has 0 radical (unpaired) electrons. The largest absolute Gasteiger partial charge is 0.307 e. The Morgan fingerprint density at radius 2 is 2.11 bits per heavy atom. The smallest absolute Gasteiger partial charge is 0.108 e. The van der Waals surface area contributed by atoms with Crippen molar-refractivity contribution in [1.82, 2.24) is 10.3 Å². The molecule has 1 N–H and O–H groups in total. The first-order chi connectivity index (χ1) is 8.70. The molecule has 0 bridgehead atoms. The van der Waals surface area contributed by atoms with Gasteiger partial charge in [-0.05, 0) is 24.5 Å². The zero-order chi connectivity index (χ0) is 13.0. The fourth-order valence-electron chi connectivity index (χ4n) is 2.00. The first-order valence-electron chi connectivity index (χ1n) is 6.34. The van der Waals surface area contributed by atoms with Gasteiger partial charge >= 0.3 is 0 Å². The number of aromatic nitrogens is 1. The Bertz CT molecular complexity index is 462. The maximum Gasteiger partial charge on any atom is 0.108 e. The van der Waals surface area contributed by atoms with E-state index in [0.29, 0.717) is 17.8 Å². The van der Waals surface area contributed by atoms with Crippen molar-refractivity contribution in [1.29, 1.82) is 0 Å². The van der Waals surface area contributed by atoms with Crippen LogP contribution in [0.4, 0.5) is 0 Å². The quantitative estimate of drug-likeness (QED) is 0.809. The third-order valence-corrected chi connectivity index (χ3v) is 4.33. The lowest BCUT2D eigenvalue weighted by Crippen LogP contribution is -2.33. The van der Waals surface area contributed by atoms with Gasteiger partial charge in [0.25, 0.3) is 0 Å². The van der Waals surface area contributed by atoms with Gasteiger partial charge in [0.15, 0.2) is 0 Å². The van der Waals surface area contributed by atoms with Gasteiger partial charge in [0.05, 0.1) is 10.2 Å². The topological polar surface area (TPSA) is 24.9 Å². The number of para-hydroxylation sites is 1. The maximum absolute atomic E-state index is 5.83. The highest BCUT2D eigenvalue weighted by Gasteiger charge is 2.13. The highest BCUT2D eigenvalue weighted by atomic mass is 35.5. The molecule has 1 aromatic carbocycles. The number of thiazole rings is 1. The Labute approximate surface area is 117 Å². The third kappa shape index (κ3) is 3.44. The van der Waals surface area contributed by atoms with Gasteiger partial charge < -0.3 is 5.32 Å². The molecule has 0 amide bonds. The van der Waals surface area contributed by atoms with E-state index in [2.05, 4.69) is 42.3 Å². The normalized spacial score (nSPS) is 13.3. The van der Waals surface area contributed by atoms with Crippen LogP contribution in [0.25, 0.3) is 10.2 Å². The fourth-order valence-corrected chi connectivity index (χ4v) is 3.16. The first kappa shape index (κ1) is 13.8. The molecule has 0 aliphatic heterocycles. The molecule has 98 valence electrons. The average Bonchev–Trinajstić information content (AvgIpc) is 2.76. The highest BCUT2D eigenvalue weighted by Crippen LogP contribution is 2.21. The van der Waals surface area contributed by atoms with Gasteiger partial charge in [-0.25, -0.2) is 4.98 Å². The summed E-state index contributed by atoms with van der Waals surface area (Å²) in [6.07, 6.45) is 1.00. The molecule has 2 aromatic rings. The molecule has 4 heteroatoms. The second kappa shape index (κ2) is 6.50. The minimum atomic E-state index is 0.467. The second-order valence-corrected chi connectivity index (χ2v) is 6.28. The monoisotopic (exact) mass is 282 g/mol. The molecule has 0 fully saturated rings. The number of nitrogens with zero attached hydrogens (tertiary/aromatic N) is 1. The van der Waals surface area contributed by atoms with E-state index >= 15 is 0 Å². The Morgan fingerprint density at radius 1 is 1.33 bits per heavy atom. The van der Waals surface area contributed by atoms with Crippen molar-refractivity contribution >= 4 is 33.2 Å². The predicted octanol–water partition coefficient (Wildman–Crippen LogP) is 4.04. The summed E-state index contributed by atoms with van der Waals surface area (Å²) in [5.41, 5.74) is 1.10. The van der Waals surface area contributed by atoms with Crippen molar-refractivity contribution in [3.05, 3.63) is 29.3 Å². The van der Waals surface area contributed by atoms with Crippen molar-refractivity contribution in [3.8, 4) is 0 Å². The molecule has 2 nitrogen and oxygen atoms in total. The number of halogens is 1. The lowest BCUT2D eigenvalue weighted by atomic mass is 10.0. The zero-order valence-electron chi connectivity index (χ0n) is 10.8. The summed E-state index contributed by atoms with van der Waals surface area (Å²) in [6.45, 7) is 5.28. The molecule has 0 saturated carbocycles. The van der Waals surface area contributed by atoms with Crippen molar-refractivity contribution < 1.29 is 0 Å². The summed E-state index contributed by atoms with van der Waals surface area (Å²) < 4.78 is 1.26. The number of rotatable bonds is 6. The van der Waals surface area contributed by atoms with Crippen LogP contribution in [-0.4, -0.2) is 16.9 Å². The first-order valence-corrected chi connectivity index (χ1v) is 7.69. The molecule has 1 atom stereocenters. The number of fused-ring (bicyclic) bond motifs is 1. The van der Waals surface area contributed by atoms with E-state index in [9.17, 15) is 0 Å². The van der Waals surface area contributed by atoms with Crippen LogP contribution in [0.5, 0.6) is 0 Å². The van der Waals surface area contributed by atoms with E-state index in [-0.39, 0.29) is 0 Å². The van der Waals surface area contributed by atoms with Crippen LogP contribution in [0.2, 0.25) is 0 Å². The molecule has 0 saturated heterocycles. The maximum atomic E-state index is 5.83. The van der Waals surface area contributed by atoms with Crippen molar-refractivity contribution in [2.45, 2.75) is 32.9 Å².